The second kappa shape index (κ2) is 7.24. The Hall–Kier alpha value is -1.53. The molecule has 26 heavy (non-hydrogen) atoms. The fourth-order valence-corrected chi connectivity index (χ4v) is 4.54. The van der Waals surface area contributed by atoms with Gasteiger partial charge in [0, 0.05) is 22.3 Å². The normalized spacial score (nSPS) is 18.7. The summed E-state index contributed by atoms with van der Waals surface area (Å²) in [5.41, 5.74) is 1.46. The molecule has 2 aromatic rings. The molecule has 1 unspecified atom stereocenters. The van der Waals surface area contributed by atoms with Gasteiger partial charge >= 0.3 is 0 Å². The van der Waals surface area contributed by atoms with Gasteiger partial charge in [0.1, 0.15) is 17.2 Å². The third-order valence-corrected chi connectivity index (χ3v) is 6.95. The average molecular weight is 438 g/mol. The molecule has 0 saturated carbocycles. The highest BCUT2D eigenvalue weighted by atomic mass is 79.9. The summed E-state index contributed by atoms with van der Waals surface area (Å²) in [6.07, 6.45) is 0.735. The number of benzene rings is 2. The standard InChI is InChI=1S/C20H24BrNO3S/c1-4-26(23,24)14-22(17-11-9-16(21)10-12-17)19-13-15-7-5-6-8-18(15)25-20(19,2)3/h5-12,19H,4,13-14H2,1-3H3. The van der Waals surface area contributed by atoms with E-state index in [0.29, 0.717) is 0 Å². The van der Waals surface area contributed by atoms with Gasteiger partial charge in [-0.2, -0.15) is 0 Å². The fraction of sp³-hybridized carbons (Fsp3) is 0.400. The lowest BCUT2D eigenvalue weighted by Crippen LogP contribution is -2.57. The van der Waals surface area contributed by atoms with Crippen molar-refractivity contribution < 1.29 is 13.2 Å². The first kappa shape index (κ1) is 19.2. The molecular formula is C20H24BrNO3S. The maximum Gasteiger partial charge on any atom is 0.168 e. The van der Waals surface area contributed by atoms with Crippen LogP contribution in [0.3, 0.4) is 0 Å². The SMILES string of the molecule is CCS(=O)(=O)CN(c1ccc(Br)cc1)C1Cc2ccccc2OC1(C)C. The molecule has 0 fully saturated rings. The number of halogens is 1. The Morgan fingerprint density at radius 1 is 1.15 bits per heavy atom. The van der Waals surface area contributed by atoms with Crippen molar-refractivity contribution in [3.05, 3.63) is 58.6 Å². The maximum absolute atomic E-state index is 12.5. The molecule has 3 rings (SSSR count). The summed E-state index contributed by atoms with van der Waals surface area (Å²) in [4.78, 5) is 1.97. The van der Waals surface area contributed by atoms with Gasteiger partial charge < -0.3 is 9.64 Å². The number of nitrogens with zero attached hydrogens (tertiary/aromatic N) is 1. The van der Waals surface area contributed by atoms with Gasteiger partial charge in [-0.1, -0.05) is 41.1 Å². The first-order valence-corrected chi connectivity index (χ1v) is 11.3. The van der Waals surface area contributed by atoms with Gasteiger partial charge in [-0.3, -0.25) is 0 Å². The monoisotopic (exact) mass is 437 g/mol. The Kier molecular flexibility index (Phi) is 5.35. The van der Waals surface area contributed by atoms with E-state index < -0.39 is 15.4 Å². The van der Waals surface area contributed by atoms with E-state index in [9.17, 15) is 8.42 Å². The molecule has 0 radical (unpaired) electrons. The summed E-state index contributed by atoms with van der Waals surface area (Å²) in [7, 11) is -3.20. The largest absolute Gasteiger partial charge is 0.485 e. The zero-order valence-electron chi connectivity index (χ0n) is 15.3. The Morgan fingerprint density at radius 3 is 2.46 bits per heavy atom. The van der Waals surface area contributed by atoms with E-state index >= 15 is 0 Å². The zero-order valence-corrected chi connectivity index (χ0v) is 17.7. The van der Waals surface area contributed by atoms with Crippen LogP contribution in [0, 0.1) is 0 Å². The van der Waals surface area contributed by atoms with Crippen molar-refractivity contribution in [2.24, 2.45) is 0 Å². The first-order chi connectivity index (χ1) is 12.2. The molecule has 1 heterocycles. The van der Waals surface area contributed by atoms with E-state index in [4.69, 9.17) is 4.74 Å². The van der Waals surface area contributed by atoms with Gasteiger partial charge in [0.05, 0.1) is 6.04 Å². The molecule has 2 aromatic carbocycles. The first-order valence-electron chi connectivity index (χ1n) is 8.71. The second-order valence-corrected chi connectivity index (χ2v) is 10.4. The highest BCUT2D eigenvalue weighted by molar-refractivity contribution is 9.10. The lowest BCUT2D eigenvalue weighted by Gasteiger charge is -2.46. The summed E-state index contributed by atoms with van der Waals surface area (Å²) >= 11 is 3.45. The number of fused-ring (bicyclic) bond motifs is 1. The van der Waals surface area contributed by atoms with Crippen LogP contribution in [-0.2, 0) is 16.3 Å². The molecule has 6 heteroatoms. The number of anilines is 1. The van der Waals surface area contributed by atoms with Gasteiger partial charge in [-0.05, 0) is 49.7 Å². The molecule has 0 amide bonds. The maximum atomic E-state index is 12.5. The third-order valence-electron chi connectivity index (χ3n) is 4.87. The summed E-state index contributed by atoms with van der Waals surface area (Å²) in [5.74, 6) is 0.970. The van der Waals surface area contributed by atoms with E-state index in [1.54, 1.807) is 6.92 Å². The Balaban J connectivity index is 2.04. The van der Waals surface area contributed by atoms with E-state index in [0.717, 1.165) is 27.9 Å². The van der Waals surface area contributed by atoms with Gasteiger partial charge in [-0.15, -0.1) is 0 Å². The van der Waals surface area contributed by atoms with Crippen LogP contribution in [0.4, 0.5) is 5.69 Å². The van der Waals surface area contributed by atoms with Gasteiger partial charge in [0.2, 0.25) is 0 Å². The van der Waals surface area contributed by atoms with Gasteiger partial charge in [0.15, 0.2) is 9.84 Å². The van der Waals surface area contributed by atoms with Crippen LogP contribution in [0.15, 0.2) is 53.0 Å². The van der Waals surface area contributed by atoms with Crippen LogP contribution in [0.2, 0.25) is 0 Å². The molecule has 140 valence electrons. The molecule has 0 aliphatic carbocycles. The smallest absolute Gasteiger partial charge is 0.168 e. The van der Waals surface area contributed by atoms with Crippen LogP contribution in [0.25, 0.3) is 0 Å². The second-order valence-electron chi connectivity index (χ2n) is 7.14. The van der Waals surface area contributed by atoms with Crippen molar-refractivity contribution in [3.8, 4) is 5.75 Å². The van der Waals surface area contributed by atoms with Crippen LogP contribution in [0.5, 0.6) is 5.75 Å². The molecule has 0 saturated heterocycles. The van der Waals surface area contributed by atoms with Gasteiger partial charge in [-0.25, -0.2) is 8.42 Å². The summed E-state index contributed by atoms with van der Waals surface area (Å²) in [5, 5.41) is 0. The molecular weight excluding hydrogens is 414 g/mol. The van der Waals surface area contributed by atoms with E-state index in [1.165, 1.54) is 0 Å². The molecule has 4 nitrogen and oxygen atoms in total. The molecule has 0 aromatic heterocycles. The molecule has 0 spiro atoms. The topological polar surface area (TPSA) is 46.6 Å². The summed E-state index contributed by atoms with van der Waals surface area (Å²) in [6.45, 7) is 5.74. The van der Waals surface area contributed by atoms with Crippen molar-refractivity contribution in [1.82, 2.24) is 0 Å². The molecule has 0 bridgehead atoms. The average Bonchev–Trinajstić information content (AvgIpc) is 2.59. The number of hydrogen-bond donors (Lipinski definition) is 0. The minimum absolute atomic E-state index is 0.0231. The van der Waals surface area contributed by atoms with Crippen LogP contribution in [-0.4, -0.2) is 31.7 Å². The predicted octanol–water partition coefficient (Wildman–Crippen LogP) is 4.43. The number of rotatable bonds is 5. The van der Waals surface area contributed by atoms with Crippen LogP contribution in [0.1, 0.15) is 26.3 Å². The quantitative estimate of drug-likeness (QED) is 0.693. The van der Waals surface area contributed by atoms with Crippen LogP contribution >= 0.6 is 15.9 Å². The fourth-order valence-electron chi connectivity index (χ4n) is 3.34. The molecule has 0 N–H and O–H groups in total. The molecule has 1 aliphatic rings. The van der Waals surface area contributed by atoms with Gasteiger partial charge in [0.25, 0.3) is 0 Å². The molecule has 1 atom stereocenters. The lowest BCUT2D eigenvalue weighted by molar-refractivity contribution is 0.0615. The Morgan fingerprint density at radius 2 is 1.81 bits per heavy atom. The zero-order chi connectivity index (χ0) is 18.9. The van der Waals surface area contributed by atoms with E-state index in [2.05, 4.69) is 15.9 Å². The summed E-state index contributed by atoms with van der Waals surface area (Å²) < 4.78 is 32.1. The predicted molar refractivity (Wildman–Crippen MR) is 110 cm³/mol. The minimum Gasteiger partial charge on any atom is -0.485 e. The third kappa shape index (κ3) is 4.07. The summed E-state index contributed by atoms with van der Waals surface area (Å²) in [6, 6.07) is 15.6. The number of sulfone groups is 1. The number of ether oxygens (including phenoxy) is 1. The van der Waals surface area contributed by atoms with E-state index in [1.807, 2.05) is 67.3 Å². The minimum atomic E-state index is -3.20. The van der Waals surface area contributed by atoms with Crippen LogP contribution < -0.4 is 9.64 Å². The highest BCUT2D eigenvalue weighted by Gasteiger charge is 2.41. The Labute approximate surface area is 164 Å². The van der Waals surface area contributed by atoms with Crippen molar-refractivity contribution in [2.45, 2.75) is 38.8 Å². The van der Waals surface area contributed by atoms with E-state index in [-0.39, 0.29) is 17.7 Å². The van der Waals surface area contributed by atoms with Crippen molar-refractivity contribution >= 4 is 31.5 Å². The molecule has 1 aliphatic heterocycles. The van der Waals surface area contributed by atoms with Crippen molar-refractivity contribution in [1.29, 1.82) is 0 Å². The number of para-hydroxylation sites is 1. The van der Waals surface area contributed by atoms with Crippen molar-refractivity contribution in [2.75, 3.05) is 16.5 Å². The number of hydrogen-bond acceptors (Lipinski definition) is 4. The lowest BCUT2D eigenvalue weighted by atomic mass is 9.87. The van der Waals surface area contributed by atoms with Crippen molar-refractivity contribution in [3.63, 3.8) is 0 Å². The highest BCUT2D eigenvalue weighted by Crippen LogP contribution is 2.37. The Bertz CT molecular complexity index is 878.